The summed E-state index contributed by atoms with van der Waals surface area (Å²) in [6.45, 7) is 3.87. The van der Waals surface area contributed by atoms with Crippen molar-refractivity contribution in [2.45, 2.75) is 32.2 Å². The average Bonchev–Trinajstić information content (AvgIpc) is 2.99. The van der Waals surface area contributed by atoms with Crippen molar-refractivity contribution in [2.24, 2.45) is 14.1 Å². The van der Waals surface area contributed by atoms with E-state index in [9.17, 15) is 19.2 Å². The molecule has 0 atom stereocenters. The van der Waals surface area contributed by atoms with Crippen LogP contribution in [0.25, 0.3) is 11.2 Å². The molecule has 2 aliphatic rings. The second-order valence-electron chi connectivity index (χ2n) is 8.71. The molecule has 0 N–H and O–H groups in total. The third-order valence-electron chi connectivity index (χ3n) is 6.54. The molecule has 0 spiro atoms. The number of carbonyl (C=O) groups excluding carboxylic acids is 2. The Balaban J connectivity index is 1.37. The smallest absolute Gasteiger partial charge is 0.332 e. The van der Waals surface area contributed by atoms with Gasteiger partial charge < -0.3 is 14.4 Å². The standard InChI is InChI=1S/C21H31N7O4/c1-23-15-22-19-18(23)20(31)28(21(32)24(19)2)14-17(30)27-11-9-25(10-12-27)13-16(29)26-7-5-3-4-6-8-26/h15H,3-14H2,1-2H3. The lowest BCUT2D eigenvalue weighted by molar-refractivity contribution is -0.135. The van der Waals surface area contributed by atoms with Crippen molar-refractivity contribution in [3.05, 3.63) is 27.2 Å². The Morgan fingerprint density at radius 1 is 0.844 bits per heavy atom. The Kier molecular flexibility index (Phi) is 6.45. The van der Waals surface area contributed by atoms with Crippen LogP contribution in [0.2, 0.25) is 0 Å². The van der Waals surface area contributed by atoms with Gasteiger partial charge in [-0.25, -0.2) is 14.3 Å². The van der Waals surface area contributed by atoms with Gasteiger partial charge in [-0.15, -0.1) is 0 Å². The highest BCUT2D eigenvalue weighted by Crippen LogP contribution is 2.11. The number of nitrogens with zero attached hydrogens (tertiary/aromatic N) is 7. The molecule has 0 aliphatic carbocycles. The van der Waals surface area contributed by atoms with E-state index in [0.29, 0.717) is 38.4 Å². The SMILES string of the molecule is Cn1cnc2c1c(=O)n(CC(=O)N1CCN(CC(=O)N3CCCCCC3)CC1)c(=O)n2C. The van der Waals surface area contributed by atoms with E-state index < -0.39 is 11.2 Å². The van der Waals surface area contributed by atoms with E-state index in [2.05, 4.69) is 9.88 Å². The zero-order valence-electron chi connectivity index (χ0n) is 18.8. The van der Waals surface area contributed by atoms with Crippen LogP contribution in [-0.2, 0) is 30.2 Å². The summed E-state index contributed by atoms with van der Waals surface area (Å²) in [4.78, 5) is 60.7. The van der Waals surface area contributed by atoms with E-state index >= 15 is 0 Å². The molecule has 2 aliphatic heterocycles. The van der Waals surface area contributed by atoms with Gasteiger partial charge in [0.15, 0.2) is 11.2 Å². The molecule has 2 fully saturated rings. The van der Waals surface area contributed by atoms with Crippen LogP contribution in [0.5, 0.6) is 0 Å². The molecule has 4 heterocycles. The summed E-state index contributed by atoms with van der Waals surface area (Å²) in [5.41, 5.74) is -0.486. The van der Waals surface area contributed by atoms with Crippen LogP contribution < -0.4 is 11.2 Å². The van der Waals surface area contributed by atoms with Gasteiger partial charge >= 0.3 is 5.69 Å². The molecule has 0 unspecified atom stereocenters. The van der Waals surface area contributed by atoms with Gasteiger partial charge in [-0.2, -0.15) is 0 Å². The first kappa shape index (κ1) is 22.3. The average molecular weight is 446 g/mol. The van der Waals surface area contributed by atoms with Gasteiger partial charge in [0, 0.05) is 53.4 Å². The first-order valence-corrected chi connectivity index (χ1v) is 11.3. The van der Waals surface area contributed by atoms with Crippen molar-refractivity contribution in [3.63, 3.8) is 0 Å². The molecule has 2 aromatic rings. The highest BCUT2D eigenvalue weighted by Gasteiger charge is 2.26. The first-order valence-electron chi connectivity index (χ1n) is 11.3. The van der Waals surface area contributed by atoms with Gasteiger partial charge in [-0.1, -0.05) is 12.8 Å². The number of aromatic nitrogens is 4. The van der Waals surface area contributed by atoms with E-state index in [4.69, 9.17) is 0 Å². The summed E-state index contributed by atoms with van der Waals surface area (Å²) in [7, 11) is 3.22. The summed E-state index contributed by atoms with van der Waals surface area (Å²) >= 11 is 0. The summed E-state index contributed by atoms with van der Waals surface area (Å²) < 4.78 is 3.82. The molecule has 0 radical (unpaired) electrons. The Morgan fingerprint density at radius 2 is 1.44 bits per heavy atom. The molecule has 0 saturated carbocycles. The van der Waals surface area contributed by atoms with Crippen molar-refractivity contribution in [3.8, 4) is 0 Å². The van der Waals surface area contributed by atoms with Crippen molar-refractivity contribution in [1.29, 1.82) is 0 Å². The molecule has 4 rings (SSSR count). The predicted octanol–water partition coefficient (Wildman–Crippen LogP) is -1.02. The van der Waals surface area contributed by atoms with Crippen molar-refractivity contribution < 1.29 is 9.59 Å². The molecule has 0 aromatic carbocycles. The van der Waals surface area contributed by atoms with Gasteiger partial charge in [-0.05, 0) is 12.8 Å². The number of likely N-dealkylation sites (tertiary alicyclic amines) is 1. The zero-order valence-corrected chi connectivity index (χ0v) is 18.8. The van der Waals surface area contributed by atoms with Gasteiger partial charge in [-0.3, -0.25) is 23.9 Å². The van der Waals surface area contributed by atoms with Crippen molar-refractivity contribution in [2.75, 3.05) is 45.8 Å². The predicted molar refractivity (Wildman–Crippen MR) is 118 cm³/mol. The number of hydrogen-bond acceptors (Lipinski definition) is 6. The minimum atomic E-state index is -0.559. The minimum absolute atomic E-state index is 0.159. The second-order valence-corrected chi connectivity index (χ2v) is 8.71. The molecule has 11 nitrogen and oxygen atoms in total. The number of hydrogen-bond donors (Lipinski definition) is 0. The fourth-order valence-corrected chi connectivity index (χ4v) is 4.54. The van der Waals surface area contributed by atoms with Crippen LogP contribution in [0.3, 0.4) is 0 Å². The third-order valence-corrected chi connectivity index (χ3v) is 6.54. The molecule has 174 valence electrons. The highest BCUT2D eigenvalue weighted by molar-refractivity contribution is 5.79. The number of carbonyl (C=O) groups is 2. The normalized spacial score (nSPS) is 18.2. The number of fused-ring (bicyclic) bond motifs is 1. The van der Waals surface area contributed by atoms with Crippen molar-refractivity contribution >= 4 is 23.0 Å². The van der Waals surface area contributed by atoms with Gasteiger partial charge in [0.05, 0.1) is 12.9 Å². The largest absolute Gasteiger partial charge is 0.342 e. The molecule has 2 saturated heterocycles. The lowest BCUT2D eigenvalue weighted by atomic mass is 10.2. The van der Waals surface area contributed by atoms with Gasteiger partial charge in [0.25, 0.3) is 5.56 Å². The number of piperazine rings is 1. The summed E-state index contributed by atoms with van der Waals surface area (Å²) in [6, 6.07) is 0. The maximum Gasteiger partial charge on any atom is 0.332 e. The van der Waals surface area contributed by atoms with Crippen LogP contribution in [0.15, 0.2) is 15.9 Å². The highest BCUT2D eigenvalue weighted by atomic mass is 16.2. The maximum atomic E-state index is 12.9. The minimum Gasteiger partial charge on any atom is -0.342 e. The maximum absolute atomic E-state index is 12.9. The number of imidazole rings is 1. The quantitative estimate of drug-likeness (QED) is 0.597. The van der Waals surface area contributed by atoms with Gasteiger partial charge in [0.1, 0.15) is 6.54 Å². The molecular formula is C21H31N7O4. The molecule has 2 amide bonds. The van der Waals surface area contributed by atoms with E-state index in [1.54, 1.807) is 16.5 Å². The van der Waals surface area contributed by atoms with Crippen LogP contribution in [-0.4, -0.2) is 91.0 Å². The summed E-state index contributed by atoms with van der Waals surface area (Å²) in [5, 5.41) is 0. The topological polar surface area (TPSA) is 106 Å². The van der Waals surface area contributed by atoms with Gasteiger partial charge in [0.2, 0.25) is 11.8 Å². The number of aryl methyl sites for hydroxylation is 2. The Hall–Kier alpha value is -2.95. The van der Waals surface area contributed by atoms with E-state index in [1.165, 1.54) is 30.8 Å². The van der Waals surface area contributed by atoms with E-state index in [1.807, 2.05) is 4.90 Å². The lowest BCUT2D eigenvalue weighted by Crippen LogP contribution is -2.53. The Bertz CT molecular complexity index is 1120. The molecule has 2 aromatic heterocycles. The lowest BCUT2D eigenvalue weighted by Gasteiger charge is -2.35. The Labute approximate surface area is 185 Å². The van der Waals surface area contributed by atoms with Crippen LogP contribution in [0.1, 0.15) is 25.7 Å². The fraction of sp³-hybridized carbons (Fsp3) is 0.667. The number of rotatable bonds is 4. The zero-order chi connectivity index (χ0) is 22.8. The number of amides is 2. The van der Waals surface area contributed by atoms with Crippen LogP contribution >= 0.6 is 0 Å². The van der Waals surface area contributed by atoms with Crippen LogP contribution in [0, 0.1) is 0 Å². The summed E-state index contributed by atoms with van der Waals surface area (Å²) in [5.74, 6) is -0.115. The van der Waals surface area contributed by atoms with Crippen molar-refractivity contribution in [1.82, 2.24) is 33.4 Å². The fourth-order valence-electron chi connectivity index (χ4n) is 4.54. The summed E-state index contributed by atoms with van der Waals surface area (Å²) in [6.07, 6.45) is 5.98. The first-order chi connectivity index (χ1) is 15.4. The molecule has 0 bridgehead atoms. The van der Waals surface area contributed by atoms with Crippen LogP contribution in [0.4, 0.5) is 0 Å². The Morgan fingerprint density at radius 3 is 2.09 bits per heavy atom. The molecular weight excluding hydrogens is 414 g/mol. The second kappa shape index (κ2) is 9.27. The van der Waals surface area contributed by atoms with E-state index in [-0.39, 0.29) is 23.9 Å². The van der Waals surface area contributed by atoms with E-state index in [0.717, 1.165) is 30.5 Å². The third kappa shape index (κ3) is 4.34. The molecule has 32 heavy (non-hydrogen) atoms. The molecule has 11 heteroatoms. The monoisotopic (exact) mass is 445 g/mol.